The zero-order valence-corrected chi connectivity index (χ0v) is 15.2. The second-order valence-corrected chi connectivity index (χ2v) is 5.58. The van der Waals surface area contributed by atoms with E-state index in [2.05, 4.69) is 15.4 Å². The lowest BCUT2D eigenvalue weighted by Gasteiger charge is -2.12. The van der Waals surface area contributed by atoms with Crippen molar-refractivity contribution in [2.24, 2.45) is 0 Å². The van der Waals surface area contributed by atoms with E-state index in [0.717, 1.165) is 0 Å². The number of rotatable bonds is 4. The fourth-order valence-corrected chi connectivity index (χ4v) is 2.61. The number of aromatic hydroxyl groups is 1. The number of hydrogen-bond donors (Lipinski definition) is 3. The Morgan fingerprint density at radius 2 is 1.70 bits per heavy atom. The molecule has 0 bridgehead atoms. The Hall–Kier alpha value is -3.32. The Morgan fingerprint density at radius 1 is 0.963 bits per heavy atom. The van der Waals surface area contributed by atoms with Gasteiger partial charge in [-0.1, -0.05) is 18.2 Å². The van der Waals surface area contributed by atoms with E-state index in [0.29, 0.717) is 16.5 Å². The summed E-state index contributed by atoms with van der Waals surface area (Å²) in [6.07, 6.45) is 2.93. The number of aromatic nitrogens is 1. The Labute approximate surface area is 162 Å². The maximum Gasteiger partial charge on any atom is 0.411 e. The van der Waals surface area contributed by atoms with Crippen LogP contribution in [0, 0.1) is 0 Å². The smallest absolute Gasteiger partial charge is 0.411 e. The molecule has 27 heavy (non-hydrogen) atoms. The fraction of sp³-hybridized carbons (Fsp3) is 0.105. The molecule has 2 aromatic carbocycles. The minimum absolute atomic E-state index is 0. The van der Waals surface area contributed by atoms with Gasteiger partial charge in [0, 0.05) is 28.6 Å². The van der Waals surface area contributed by atoms with E-state index in [4.69, 9.17) is 0 Å². The van der Waals surface area contributed by atoms with Gasteiger partial charge < -0.3 is 27.6 Å². The van der Waals surface area contributed by atoms with Crippen molar-refractivity contribution in [3.8, 4) is 5.75 Å². The van der Waals surface area contributed by atoms with Crippen molar-refractivity contribution < 1.29 is 36.4 Å². The van der Waals surface area contributed by atoms with Gasteiger partial charge in [0.25, 0.3) is 5.91 Å². The van der Waals surface area contributed by atoms with Crippen molar-refractivity contribution in [3.63, 3.8) is 0 Å². The number of halogens is 1. The van der Waals surface area contributed by atoms with E-state index in [1.54, 1.807) is 47.3 Å². The van der Waals surface area contributed by atoms with Gasteiger partial charge in [-0.3, -0.25) is 10.1 Å². The summed E-state index contributed by atoms with van der Waals surface area (Å²) in [6, 6.07) is 14.0. The van der Waals surface area contributed by atoms with Crippen LogP contribution in [0.15, 0.2) is 60.9 Å². The second-order valence-electron chi connectivity index (χ2n) is 5.58. The molecule has 0 atom stereocenters. The number of benzene rings is 2. The molecule has 0 radical (unpaired) electrons. The predicted molar refractivity (Wildman–Crippen MR) is 96.9 cm³/mol. The number of methoxy groups -OCH3 is 1. The number of anilines is 2. The summed E-state index contributed by atoms with van der Waals surface area (Å²) < 4.78 is 6.29. The number of phenols is 1. The number of amides is 2. The Balaban J connectivity index is 0.00000261. The molecule has 1 heterocycles. The summed E-state index contributed by atoms with van der Waals surface area (Å²) in [5.74, 6) is -0.286. The monoisotopic (exact) mass is 387 g/mol. The number of phenolic OH excluding ortho intramolecular Hbond substituents is 1. The van der Waals surface area contributed by atoms with Gasteiger partial charge >= 0.3 is 6.09 Å². The number of hydrogen-bond acceptors (Lipinski definition) is 4. The molecule has 3 rings (SSSR count). The van der Waals surface area contributed by atoms with Gasteiger partial charge in [0.2, 0.25) is 6.54 Å². The zero-order chi connectivity index (χ0) is 18.5. The molecular weight excluding hydrogens is 370 g/mol. The number of carbonyl (C=O) groups excluding carboxylic acids is 2. The molecule has 0 aliphatic carbocycles. The number of ether oxygens (including phenoxy) is 1. The first-order chi connectivity index (χ1) is 12.6. The molecule has 0 saturated heterocycles. The van der Waals surface area contributed by atoms with Crippen LogP contribution in [-0.4, -0.2) is 24.2 Å². The van der Waals surface area contributed by atoms with Crippen LogP contribution in [0.2, 0.25) is 0 Å². The highest BCUT2D eigenvalue weighted by Crippen LogP contribution is 2.36. The molecule has 0 unspecified atom stereocenters. The van der Waals surface area contributed by atoms with Gasteiger partial charge in [-0.15, -0.1) is 0 Å². The second kappa shape index (κ2) is 8.86. The summed E-state index contributed by atoms with van der Waals surface area (Å²) in [4.78, 5) is 23.6. The predicted octanol–water partition coefficient (Wildman–Crippen LogP) is -0.346. The number of carbonyl (C=O) groups is 2. The van der Waals surface area contributed by atoms with Crippen LogP contribution in [0.3, 0.4) is 0 Å². The summed E-state index contributed by atoms with van der Waals surface area (Å²) in [5.41, 5.74) is 0.802. The van der Waals surface area contributed by atoms with E-state index in [1.807, 2.05) is 18.2 Å². The number of fused-ring (bicyclic) bond motifs is 1. The van der Waals surface area contributed by atoms with Crippen molar-refractivity contribution in [3.05, 3.63) is 60.9 Å². The van der Waals surface area contributed by atoms with E-state index in [-0.39, 0.29) is 36.3 Å². The van der Waals surface area contributed by atoms with Crippen LogP contribution in [0.25, 0.3) is 10.8 Å². The highest BCUT2D eigenvalue weighted by molar-refractivity contribution is 6.06. The molecule has 0 aliphatic heterocycles. The molecule has 0 spiro atoms. The van der Waals surface area contributed by atoms with E-state index in [9.17, 15) is 14.7 Å². The molecule has 8 heteroatoms. The van der Waals surface area contributed by atoms with Gasteiger partial charge in [-0.2, -0.15) is 4.57 Å². The molecule has 0 fully saturated rings. The summed E-state index contributed by atoms with van der Waals surface area (Å²) >= 11 is 0. The maximum atomic E-state index is 12.3. The molecule has 1 aromatic heterocycles. The van der Waals surface area contributed by atoms with E-state index >= 15 is 0 Å². The van der Waals surface area contributed by atoms with Crippen molar-refractivity contribution in [2.75, 3.05) is 17.7 Å². The van der Waals surface area contributed by atoms with E-state index in [1.165, 1.54) is 7.11 Å². The molecule has 2 amide bonds. The third-order valence-electron chi connectivity index (χ3n) is 3.83. The van der Waals surface area contributed by atoms with E-state index < -0.39 is 6.09 Å². The number of pyridine rings is 1. The van der Waals surface area contributed by atoms with Crippen molar-refractivity contribution in [1.82, 2.24) is 0 Å². The zero-order valence-electron chi connectivity index (χ0n) is 14.5. The van der Waals surface area contributed by atoms with Gasteiger partial charge in [0.05, 0.1) is 12.8 Å². The maximum absolute atomic E-state index is 12.3. The molecule has 0 saturated carbocycles. The number of nitrogens with one attached hydrogen (secondary N) is 2. The molecule has 3 aromatic rings. The van der Waals surface area contributed by atoms with Gasteiger partial charge in [0.1, 0.15) is 5.75 Å². The van der Waals surface area contributed by atoms with Crippen molar-refractivity contribution in [1.29, 1.82) is 0 Å². The quantitative estimate of drug-likeness (QED) is 0.422. The molecule has 140 valence electrons. The Kier molecular flexibility index (Phi) is 6.56. The SMILES string of the molecule is COC(=O)Nc1ccc2c(NC(=O)C[n+]3ccccc3)cccc2c1O.[Cl-]. The van der Waals surface area contributed by atoms with Crippen molar-refractivity contribution >= 4 is 34.1 Å². The molecule has 0 aliphatic rings. The lowest BCUT2D eigenvalue weighted by Crippen LogP contribution is -3.00. The fourth-order valence-electron chi connectivity index (χ4n) is 2.61. The lowest BCUT2D eigenvalue weighted by atomic mass is 10.1. The minimum atomic E-state index is -0.677. The largest absolute Gasteiger partial charge is 1.00 e. The summed E-state index contributed by atoms with van der Waals surface area (Å²) in [6.45, 7) is 0.172. The normalized spacial score (nSPS) is 9.96. The highest BCUT2D eigenvalue weighted by atomic mass is 35.5. The molecule has 7 nitrogen and oxygen atoms in total. The Bertz CT molecular complexity index is 964. The van der Waals surface area contributed by atoms with Crippen LogP contribution >= 0.6 is 0 Å². The average molecular weight is 388 g/mol. The standard InChI is InChI=1S/C19H17N3O4.ClH/c1-26-19(25)21-16-9-8-13-14(18(16)24)6-5-7-15(13)20-17(23)12-22-10-3-2-4-11-22;/h2-11H,12H2,1H3,(H2-,20,21,23,24,25);1H. The first-order valence-electron chi connectivity index (χ1n) is 7.92. The van der Waals surface area contributed by atoms with Crippen LogP contribution in [0.5, 0.6) is 5.75 Å². The number of nitrogens with zero attached hydrogens (tertiary/aromatic N) is 1. The molecule has 3 N–H and O–H groups in total. The van der Waals surface area contributed by atoms with Gasteiger partial charge in [-0.25, -0.2) is 4.79 Å². The minimum Gasteiger partial charge on any atom is -1.00 e. The first kappa shape index (κ1) is 20.0. The van der Waals surface area contributed by atoms with Crippen LogP contribution in [0.1, 0.15) is 0 Å². The van der Waals surface area contributed by atoms with Crippen LogP contribution in [0.4, 0.5) is 16.2 Å². The summed E-state index contributed by atoms with van der Waals surface area (Å²) in [5, 5.41) is 16.9. The van der Waals surface area contributed by atoms with Crippen LogP contribution < -0.4 is 27.6 Å². The van der Waals surface area contributed by atoms with Crippen molar-refractivity contribution in [2.45, 2.75) is 6.54 Å². The third-order valence-corrected chi connectivity index (χ3v) is 3.83. The third kappa shape index (κ3) is 4.65. The summed E-state index contributed by atoms with van der Waals surface area (Å²) in [7, 11) is 1.24. The molecular formula is C19H18ClN3O4. The average Bonchev–Trinajstić information content (AvgIpc) is 2.65. The topological polar surface area (TPSA) is 91.5 Å². The Morgan fingerprint density at radius 3 is 2.41 bits per heavy atom. The first-order valence-corrected chi connectivity index (χ1v) is 7.92. The lowest BCUT2D eigenvalue weighted by molar-refractivity contribution is -0.684. The van der Waals surface area contributed by atoms with Crippen LogP contribution in [-0.2, 0) is 16.1 Å². The van der Waals surface area contributed by atoms with Gasteiger partial charge in [0.15, 0.2) is 12.4 Å². The highest BCUT2D eigenvalue weighted by Gasteiger charge is 2.14. The van der Waals surface area contributed by atoms with Gasteiger partial charge in [-0.05, 0) is 18.2 Å².